The molecule has 0 radical (unpaired) electrons. The number of aromatic amines is 1. The van der Waals surface area contributed by atoms with Crippen molar-refractivity contribution >= 4 is 16.8 Å². The topological polar surface area (TPSA) is 57.4 Å². The van der Waals surface area contributed by atoms with Gasteiger partial charge >= 0.3 is 0 Å². The molecule has 2 heterocycles. The Labute approximate surface area is 143 Å². The van der Waals surface area contributed by atoms with Gasteiger partial charge in [0.05, 0.1) is 19.6 Å². The number of morpholine rings is 1. The number of ether oxygens (including phenoxy) is 1. The third kappa shape index (κ3) is 3.62. The zero-order chi connectivity index (χ0) is 17.2. The van der Waals surface area contributed by atoms with E-state index in [1.807, 2.05) is 25.1 Å². The molecule has 5 heteroatoms. The Balaban J connectivity index is 1.62. The average Bonchev–Trinajstić information content (AvgIpc) is 2.90. The van der Waals surface area contributed by atoms with Crippen LogP contribution in [0.2, 0.25) is 0 Å². The smallest absolute Gasteiger partial charge is 0.224 e. The molecule has 1 aromatic heterocycles. The van der Waals surface area contributed by atoms with Gasteiger partial charge < -0.3 is 15.0 Å². The number of carbonyl (C=O) groups is 1. The van der Waals surface area contributed by atoms with Gasteiger partial charge in [-0.2, -0.15) is 0 Å². The number of para-hydroxylation sites is 1. The molecule has 5 nitrogen and oxygen atoms in total. The molecule has 130 valence electrons. The Morgan fingerprint density at radius 2 is 2.00 bits per heavy atom. The first-order valence-electron chi connectivity index (χ1n) is 8.63. The van der Waals surface area contributed by atoms with Crippen molar-refractivity contribution in [3.8, 4) is 0 Å². The van der Waals surface area contributed by atoms with E-state index < -0.39 is 0 Å². The van der Waals surface area contributed by atoms with Gasteiger partial charge in [-0.15, -0.1) is 0 Å². The Bertz CT molecular complexity index is 714. The summed E-state index contributed by atoms with van der Waals surface area (Å²) in [6.45, 7) is 10.4. The second-order valence-corrected chi connectivity index (χ2v) is 7.14. The number of carbonyl (C=O) groups excluding carboxylic acids is 1. The van der Waals surface area contributed by atoms with E-state index in [-0.39, 0.29) is 11.4 Å². The van der Waals surface area contributed by atoms with Crippen LogP contribution in [0.5, 0.6) is 0 Å². The molecule has 1 amide bonds. The van der Waals surface area contributed by atoms with Gasteiger partial charge in [-0.1, -0.05) is 18.2 Å². The number of aryl methyl sites for hydroxylation is 1. The maximum absolute atomic E-state index is 12.5. The molecule has 0 saturated carbocycles. The van der Waals surface area contributed by atoms with Crippen molar-refractivity contribution in [1.29, 1.82) is 0 Å². The summed E-state index contributed by atoms with van der Waals surface area (Å²) in [5.74, 6) is 0.0733. The summed E-state index contributed by atoms with van der Waals surface area (Å²) < 4.78 is 5.41. The van der Waals surface area contributed by atoms with Crippen molar-refractivity contribution in [3.05, 3.63) is 35.5 Å². The van der Waals surface area contributed by atoms with E-state index in [2.05, 4.69) is 35.1 Å². The number of benzene rings is 1. The highest BCUT2D eigenvalue weighted by Gasteiger charge is 2.28. The summed E-state index contributed by atoms with van der Waals surface area (Å²) in [7, 11) is 0. The summed E-state index contributed by atoms with van der Waals surface area (Å²) in [5, 5.41) is 4.25. The SMILES string of the molecule is Cc1[nH]c2ccccc2c1CC(=O)NCC(C)(C)N1CCOCC1. The molecule has 2 N–H and O–H groups in total. The van der Waals surface area contributed by atoms with Gasteiger partial charge in [-0.3, -0.25) is 9.69 Å². The lowest BCUT2D eigenvalue weighted by Gasteiger charge is -2.40. The number of rotatable bonds is 5. The lowest BCUT2D eigenvalue weighted by atomic mass is 10.0. The molecule has 1 aromatic carbocycles. The van der Waals surface area contributed by atoms with Crippen LogP contribution in [0.15, 0.2) is 24.3 Å². The third-order valence-corrected chi connectivity index (χ3v) is 4.95. The van der Waals surface area contributed by atoms with Crippen LogP contribution in [0.25, 0.3) is 10.9 Å². The Hall–Kier alpha value is -1.85. The zero-order valence-corrected chi connectivity index (χ0v) is 14.8. The number of nitrogens with one attached hydrogen (secondary N) is 2. The second-order valence-electron chi connectivity index (χ2n) is 7.14. The van der Waals surface area contributed by atoms with E-state index >= 15 is 0 Å². The molecule has 1 aliphatic heterocycles. The largest absolute Gasteiger partial charge is 0.379 e. The fourth-order valence-electron chi connectivity index (χ4n) is 3.38. The monoisotopic (exact) mass is 329 g/mol. The summed E-state index contributed by atoms with van der Waals surface area (Å²) >= 11 is 0. The first-order chi connectivity index (χ1) is 11.5. The lowest BCUT2D eigenvalue weighted by Crippen LogP contribution is -2.55. The van der Waals surface area contributed by atoms with Gasteiger partial charge in [0.1, 0.15) is 0 Å². The molecular formula is C19H27N3O2. The van der Waals surface area contributed by atoms with Gasteiger partial charge in [0.15, 0.2) is 0 Å². The Morgan fingerprint density at radius 3 is 2.75 bits per heavy atom. The van der Waals surface area contributed by atoms with Crippen LogP contribution in [0.4, 0.5) is 0 Å². The molecule has 3 rings (SSSR count). The molecule has 0 aliphatic carbocycles. The van der Waals surface area contributed by atoms with E-state index in [0.717, 1.165) is 48.5 Å². The first kappa shape index (κ1) is 17.0. The van der Waals surface area contributed by atoms with Crippen molar-refractivity contribution in [2.45, 2.75) is 32.7 Å². The number of hydrogen-bond acceptors (Lipinski definition) is 3. The molecule has 24 heavy (non-hydrogen) atoms. The van der Waals surface area contributed by atoms with E-state index in [1.165, 1.54) is 0 Å². The zero-order valence-electron chi connectivity index (χ0n) is 14.8. The normalized spacial score (nSPS) is 16.5. The predicted octanol–water partition coefficient (Wildman–Crippen LogP) is 2.25. The molecule has 1 aliphatic rings. The van der Waals surface area contributed by atoms with E-state index in [0.29, 0.717) is 13.0 Å². The van der Waals surface area contributed by atoms with Gasteiger partial charge in [0, 0.05) is 41.8 Å². The van der Waals surface area contributed by atoms with Gasteiger partial charge in [-0.05, 0) is 32.4 Å². The van der Waals surface area contributed by atoms with Crippen molar-refractivity contribution in [3.63, 3.8) is 0 Å². The number of amides is 1. The Kier molecular flexibility index (Phi) is 4.92. The van der Waals surface area contributed by atoms with Gasteiger partial charge in [0.25, 0.3) is 0 Å². The maximum atomic E-state index is 12.5. The number of hydrogen-bond donors (Lipinski definition) is 2. The maximum Gasteiger partial charge on any atom is 0.224 e. The molecule has 0 spiro atoms. The molecule has 1 fully saturated rings. The summed E-state index contributed by atoms with van der Waals surface area (Å²) in [5.41, 5.74) is 3.19. The minimum absolute atomic E-state index is 0.0608. The first-order valence-corrected chi connectivity index (χ1v) is 8.63. The average molecular weight is 329 g/mol. The van der Waals surface area contributed by atoms with Crippen molar-refractivity contribution in [2.75, 3.05) is 32.8 Å². The van der Waals surface area contributed by atoms with Crippen LogP contribution < -0.4 is 5.32 Å². The van der Waals surface area contributed by atoms with E-state index in [4.69, 9.17) is 4.74 Å². The van der Waals surface area contributed by atoms with Crippen LogP contribution in [-0.2, 0) is 16.0 Å². The lowest BCUT2D eigenvalue weighted by molar-refractivity contribution is -0.121. The van der Waals surface area contributed by atoms with Crippen molar-refractivity contribution in [2.24, 2.45) is 0 Å². The molecule has 2 aromatic rings. The molecule has 0 unspecified atom stereocenters. The Morgan fingerprint density at radius 1 is 1.29 bits per heavy atom. The number of fused-ring (bicyclic) bond motifs is 1. The number of H-pyrrole nitrogens is 1. The van der Waals surface area contributed by atoms with Crippen molar-refractivity contribution < 1.29 is 9.53 Å². The highest BCUT2D eigenvalue weighted by Crippen LogP contribution is 2.22. The van der Waals surface area contributed by atoms with Crippen LogP contribution in [-0.4, -0.2) is 54.2 Å². The standard InChI is InChI=1S/C19H27N3O2/c1-14-16(15-6-4-5-7-17(15)21-14)12-18(23)20-13-19(2,3)22-8-10-24-11-9-22/h4-7,21H,8-13H2,1-3H3,(H,20,23). The minimum Gasteiger partial charge on any atom is -0.379 e. The van der Waals surface area contributed by atoms with E-state index in [9.17, 15) is 4.79 Å². The van der Waals surface area contributed by atoms with Gasteiger partial charge in [-0.25, -0.2) is 0 Å². The number of aromatic nitrogens is 1. The fourth-order valence-corrected chi connectivity index (χ4v) is 3.38. The molecule has 0 bridgehead atoms. The highest BCUT2D eigenvalue weighted by molar-refractivity contribution is 5.90. The van der Waals surface area contributed by atoms with Crippen LogP contribution in [0, 0.1) is 6.92 Å². The molecule has 0 atom stereocenters. The molecule has 1 saturated heterocycles. The number of nitrogens with zero attached hydrogens (tertiary/aromatic N) is 1. The molecular weight excluding hydrogens is 302 g/mol. The summed E-state index contributed by atoms with van der Waals surface area (Å²) in [6, 6.07) is 8.13. The van der Waals surface area contributed by atoms with Gasteiger partial charge in [0.2, 0.25) is 5.91 Å². The predicted molar refractivity (Wildman–Crippen MR) is 96.2 cm³/mol. The highest BCUT2D eigenvalue weighted by atomic mass is 16.5. The van der Waals surface area contributed by atoms with Crippen molar-refractivity contribution in [1.82, 2.24) is 15.2 Å². The van der Waals surface area contributed by atoms with Crippen LogP contribution >= 0.6 is 0 Å². The summed E-state index contributed by atoms with van der Waals surface area (Å²) in [6.07, 6.45) is 0.412. The fraction of sp³-hybridized carbons (Fsp3) is 0.526. The van der Waals surface area contributed by atoms with Crippen LogP contribution in [0.1, 0.15) is 25.1 Å². The minimum atomic E-state index is -0.0608. The van der Waals surface area contributed by atoms with Crippen LogP contribution in [0.3, 0.4) is 0 Å². The summed E-state index contributed by atoms with van der Waals surface area (Å²) in [4.78, 5) is 18.2. The second kappa shape index (κ2) is 6.95. The quantitative estimate of drug-likeness (QED) is 0.884. The van der Waals surface area contributed by atoms with E-state index in [1.54, 1.807) is 0 Å². The third-order valence-electron chi connectivity index (χ3n) is 4.95.